The Balaban J connectivity index is 2.30. The molecule has 0 radical (unpaired) electrons. The first-order valence-corrected chi connectivity index (χ1v) is 7.13. The minimum atomic E-state index is -0.305. The first-order chi connectivity index (χ1) is 8.76. The molecule has 2 aromatic heterocycles. The number of unbranched alkanes of at least 4 members (excludes halogenated alkanes) is 1. The van der Waals surface area contributed by atoms with Gasteiger partial charge in [-0.2, -0.15) is 9.61 Å². The summed E-state index contributed by atoms with van der Waals surface area (Å²) in [5.74, 6) is 0.805. The average Bonchev–Trinajstić information content (AvgIpc) is 2.76. The highest BCUT2D eigenvalue weighted by atomic mass is 79.9. The zero-order valence-corrected chi connectivity index (χ0v) is 11.9. The van der Waals surface area contributed by atoms with Crippen molar-refractivity contribution in [3.8, 4) is 0 Å². The number of aromatic amines is 1. The number of fused-ring (bicyclic) bond motifs is 1. The monoisotopic (exact) mass is 313 g/mol. The number of nitrogens with zero attached hydrogens (tertiary/aromatic N) is 4. The molecule has 0 aromatic carbocycles. The van der Waals surface area contributed by atoms with E-state index in [2.05, 4.69) is 43.0 Å². The Morgan fingerprint density at radius 2 is 2.28 bits per heavy atom. The molecule has 7 heteroatoms. The van der Waals surface area contributed by atoms with Crippen molar-refractivity contribution in [2.45, 2.75) is 19.8 Å². The highest BCUT2D eigenvalue weighted by molar-refractivity contribution is 9.09. The first kappa shape index (κ1) is 13.1. The highest BCUT2D eigenvalue weighted by Crippen LogP contribution is 2.11. The Bertz CT molecular complexity index is 564. The van der Waals surface area contributed by atoms with Crippen molar-refractivity contribution < 1.29 is 0 Å². The summed E-state index contributed by atoms with van der Waals surface area (Å²) >= 11 is 3.44. The number of H-pyrrole nitrogens is 1. The van der Waals surface area contributed by atoms with Crippen LogP contribution in [0.3, 0.4) is 0 Å². The van der Waals surface area contributed by atoms with Gasteiger partial charge in [0.05, 0.1) is 0 Å². The standard InChI is InChI=1S/C11H16BrN5O/c1-2-3-7-16(8-6-12)10-5-4-9-13-14-11(18)17(9)15-10/h4-5H,2-3,6-8H2,1H3,(H,14,18). The van der Waals surface area contributed by atoms with E-state index in [1.807, 2.05) is 6.07 Å². The fraction of sp³-hybridized carbons (Fsp3) is 0.545. The Morgan fingerprint density at radius 3 is 3.00 bits per heavy atom. The Kier molecular flexibility index (Phi) is 4.35. The lowest BCUT2D eigenvalue weighted by Gasteiger charge is -2.22. The van der Waals surface area contributed by atoms with Crippen LogP contribution < -0.4 is 10.6 Å². The molecule has 0 aliphatic heterocycles. The SMILES string of the molecule is CCCCN(CCBr)c1ccc2n[nH]c(=O)n2n1. The van der Waals surface area contributed by atoms with Crippen molar-refractivity contribution in [3.63, 3.8) is 0 Å². The second-order valence-corrected chi connectivity index (χ2v) is 4.81. The molecular weight excluding hydrogens is 298 g/mol. The summed E-state index contributed by atoms with van der Waals surface area (Å²) in [5.41, 5.74) is 0.235. The Labute approximate surface area is 113 Å². The van der Waals surface area contributed by atoms with Gasteiger partial charge >= 0.3 is 5.69 Å². The summed E-state index contributed by atoms with van der Waals surface area (Å²) in [6.07, 6.45) is 2.24. The topological polar surface area (TPSA) is 66.3 Å². The number of hydrogen-bond donors (Lipinski definition) is 1. The highest BCUT2D eigenvalue weighted by Gasteiger charge is 2.09. The van der Waals surface area contributed by atoms with Crippen molar-refractivity contribution in [3.05, 3.63) is 22.6 Å². The summed E-state index contributed by atoms with van der Waals surface area (Å²) < 4.78 is 1.29. The van der Waals surface area contributed by atoms with Gasteiger partial charge in [-0.15, -0.1) is 5.10 Å². The predicted octanol–water partition coefficient (Wildman–Crippen LogP) is 1.42. The zero-order valence-electron chi connectivity index (χ0n) is 10.3. The number of halogens is 1. The number of hydrogen-bond acceptors (Lipinski definition) is 4. The number of nitrogens with one attached hydrogen (secondary N) is 1. The summed E-state index contributed by atoms with van der Waals surface area (Å²) in [7, 11) is 0. The third-order valence-corrected chi connectivity index (χ3v) is 3.07. The second-order valence-electron chi connectivity index (χ2n) is 4.02. The van der Waals surface area contributed by atoms with Gasteiger partial charge in [-0.25, -0.2) is 9.89 Å². The maximum atomic E-state index is 11.5. The third-order valence-electron chi connectivity index (χ3n) is 2.72. The van der Waals surface area contributed by atoms with Crippen LogP contribution in [0.4, 0.5) is 5.82 Å². The van der Waals surface area contributed by atoms with E-state index in [1.165, 1.54) is 4.52 Å². The van der Waals surface area contributed by atoms with Crippen LogP contribution in [0, 0.1) is 0 Å². The van der Waals surface area contributed by atoms with Gasteiger partial charge in [-0.1, -0.05) is 29.3 Å². The molecule has 0 saturated heterocycles. The van der Waals surface area contributed by atoms with E-state index in [0.29, 0.717) is 5.65 Å². The van der Waals surface area contributed by atoms with Gasteiger partial charge in [0.25, 0.3) is 0 Å². The molecule has 2 heterocycles. The molecule has 0 unspecified atom stereocenters. The van der Waals surface area contributed by atoms with E-state index in [1.54, 1.807) is 6.07 Å². The predicted molar refractivity (Wildman–Crippen MR) is 74.5 cm³/mol. The van der Waals surface area contributed by atoms with E-state index in [9.17, 15) is 4.79 Å². The van der Waals surface area contributed by atoms with Crippen molar-refractivity contribution in [1.82, 2.24) is 19.8 Å². The van der Waals surface area contributed by atoms with Gasteiger partial charge in [0.15, 0.2) is 5.65 Å². The quantitative estimate of drug-likeness (QED) is 0.819. The van der Waals surface area contributed by atoms with Gasteiger partial charge in [0.2, 0.25) is 0 Å². The Morgan fingerprint density at radius 1 is 1.44 bits per heavy atom. The smallest absolute Gasteiger partial charge is 0.354 e. The largest absolute Gasteiger partial charge is 0.364 e. The van der Waals surface area contributed by atoms with Crippen LogP contribution in [-0.4, -0.2) is 38.2 Å². The van der Waals surface area contributed by atoms with Crippen LogP contribution >= 0.6 is 15.9 Å². The number of alkyl halides is 1. The first-order valence-electron chi connectivity index (χ1n) is 6.01. The lowest BCUT2D eigenvalue weighted by Crippen LogP contribution is -2.28. The lowest BCUT2D eigenvalue weighted by molar-refractivity contribution is 0.714. The van der Waals surface area contributed by atoms with Gasteiger partial charge < -0.3 is 4.90 Å². The van der Waals surface area contributed by atoms with Crippen molar-refractivity contribution in [2.24, 2.45) is 0 Å². The van der Waals surface area contributed by atoms with Gasteiger partial charge in [-0.05, 0) is 18.6 Å². The van der Waals surface area contributed by atoms with E-state index < -0.39 is 0 Å². The van der Waals surface area contributed by atoms with Crippen molar-refractivity contribution >= 4 is 27.4 Å². The Hall–Kier alpha value is -1.37. The molecular formula is C11H16BrN5O. The normalized spacial score (nSPS) is 11.0. The van der Waals surface area contributed by atoms with Crippen LogP contribution in [0.5, 0.6) is 0 Å². The number of anilines is 1. The van der Waals surface area contributed by atoms with Gasteiger partial charge in [0, 0.05) is 18.4 Å². The van der Waals surface area contributed by atoms with Crippen molar-refractivity contribution in [2.75, 3.05) is 23.3 Å². The summed E-state index contributed by atoms with van der Waals surface area (Å²) in [4.78, 5) is 13.6. The molecule has 0 amide bonds. The van der Waals surface area contributed by atoms with Crippen molar-refractivity contribution in [1.29, 1.82) is 0 Å². The average molecular weight is 314 g/mol. The summed E-state index contributed by atoms with van der Waals surface area (Å²) in [6.45, 7) is 3.96. The van der Waals surface area contributed by atoms with Crippen LogP contribution in [0.15, 0.2) is 16.9 Å². The van der Waals surface area contributed by atoms with Crippen LogP contribution in [0.25, 0.3) is 5.65 Å². The molecule has 0 atom stereocenters. The third kappa shape index (κ3) is 2.72. The van der Waals surface area contributed by atoms with E-state index in [4.69, 9.17) is 0 Å². The summed E-state index contributed by atoms with van der Waals surface area (Å²) in [5, 5.41) is 11.4. The maximum absolute atomic E-state index is 11.5. The van der Waals surface area contributed by atoms with E-state index in [-0.39, 0.29) is 5.69 Å². The molecule has 0 aliphatic carbocycles. The number of rotatable bonds is 6. The fourth-order valence-corrected chi connectivity index (χ4v) is 2.18. The van der Waals surface area contributed by atoms with Crippen LogP contribution in [0.1, 0.15) is 19.8 Å². The molecule has 0 spiro atoms. The molecule has 2 aromatic rings. The minimum absolute atomic E-state index is 0.305. The molecule has 0 saturated carbocycles. The van der Waals surface area contributed by atoms with Crippen LogP contribution in [-0.2, 0) is 0 Å². The molecule has 18 heavy (non-hydrogen) atoms. The minimum Gasteiger partial charge on any atom is -0.354 e. The van der Waals surface area contributed by atoms with E-state index in [0.717, 1.165) is 37.1 Å². The van der Waals surface area contributed by atoms with E-state index >= 15 is 0 Å². The molecule has 0 fully saturated rings. The fourth-order valence-electron chi connectivity index (χ4n) is 1.75. The molecule has 0 aliphatic rings. The molecule has 6 nitrogen and oxygen atoms in total. The molecule has 1 N–H and O–H groups in total. The molecule has 2 rings (SSSR count). The number of aromatic nitrogens is 4. The lowest BCUT2D eigenvalue weighted by atomic mass is 10.3. The molecule has 98 valence electrons. The second kappa shape index (κ2) is 5.99. The van der Waals surface area contributed by atoms with Crippen LogP contribution in [0.2, 0.25) is 0 Å². The summed E-state index contributed by atoms with van der Waals surface area (Å²) in [6, 6.07) is 3.70. The van der Waals surface area contributed by atoms with Gasteiger partial charge in [-0.3, -0.25) is 0 Å². The van der Waals surface area contributed by atoms with Gasteiger partial charge in [0.1, 0.15) is 5.82 Å². The zero-order chi connectivity index (χ0) is 13.0. The molecule has 0 bridgehead atoms. The maximum Gasteiger partial charge on any atom is 0.364 e.